The van der Waals surface area contributed by atoms with Crippen molar-refractivity contribution in [3.8, 4) is 33.5 Å². The zero-order chi connectivity index (χ0) is 28.7. The summed E-state index contributed by atoms with van der Waals surface area (Å²) in [6, 6.07) is 31.3. The van der Waals surface area contributed by atoms with E-state index in [0.717, 1.165) is 44.3 Å². The Bertz CT molecular complexity index is 1970. The molecule has 2 aromatic heterocycles. The van der Waals surface area contributed by atoms with Gasteiger partial charge in [0.05, 0.1) is 5.69 Å². The Morgan fingerprint density at radius 1 is 0.744 bits per heavy atom. The molecule has 0 saturated carbocycles. The Morgan fingerprint density at radius 2 is 1.49 bits per heavy atom. The normalized spacial score (nSPS) is 15.2. The zero-order valence-electron chi connectivity index (χ0n) is 25.1. The molecule has 2 heterocycles. The number of furan rings is 1. The monoisotopic (exact) mass is 509 g/mol. The molecule has 0 radical (unpaired) electrons. The third-order valence-electron chi connectivity index (χ3n) is 7.96. The van der Waals surface area contributed by atoms with Crippen molar-refractivity contribution in [3.63, 3.8) is 0 Å². The lowest BCUT2D eigenvalue weighted by Gasteiger charge is -2.21. The van der Waals surface area contributed by atoms with E-state index in [-0.39, 0.29) is 5.41 Å². The van der Waals surface area contributed by atoms with Gasteiger partial charge in [0, 0.05) is 36.3 Å². The van der Waals surface area contributed by atoms with Gasteiger partial charge < -0.3 is 4.42 Å². The highest BCUT2D eigenvalue weighted by molar-refractivity contribution is 6.12. The minimum absolute atomic E-state index is 0.160. The van der Waals surface area contributed by atoms with Crippen molar-refractivity contribution in [3.05, 3.63) is 114 Å². The van der Waals surface area contributed by atoms with Gasteiger partial charge in [0.15, 0.2) is 0 Å². The molecule has 0 bridgehead atoms. The molecular formula is C37H33NO. The first-order valence-electron chi connectivity index (χ1n) is 14.6. The van der Waals surface area contributed by atoms with Crippen molar-refractivity contribution < 1.29 is 7.16 Å². The first kappa shape index (κ1) is 21.7. The SMILES string of the molecule is [2H]C([2H])(c1ccc(-c2ccnc(-c3cccc4c3oc3c5c(ccc34)-c3ccccc3C5(C)C)c2)cc1)C(C)(C)C. The largest absolute Gasteiger partial charge is 0.455 e. The van der Waals surface area contributed by atoms with Crippen LogP contribution in [0.1, 0.15) is 54.1 Å². The van der Waals surface area contributed by atoms with Crippen LogP contribution >= 0.6 is 0 Å². The Morgan fingerprint density at radius 3 is 2.28 bits per heavy atom. The lowest BCUT2D eigenvalue weighted by atomic mass is 9.82. The van der Waals surface area contributed by atoms with E-state index in [1.807, 2.05) is 57.3 Å². The Kier molecular flexibility index (Phi) is 4.69. The molecule has 4 aromatic carbocycles. The van der Waals surface area contributed by atoms with Crippen molar-refractivity contribution in [2.75, 3.05) is 0 Å². The van der Waals surface area contributed by atoms with Crippen LogP contribution in [0.25, 0.3) is 55.4 Å². The molecule has 1 aliphatic rings. The molecule has 0 unspecified atom stereocenters. The summed E-state index contributed by atoms with van der Waals surface area (Å²) in [6.07, 6.45) is 0.411. The molecule has 0 aliphatic heterocycles. The van der Waals surface area contributed by atoms with E-state index in [4.69, 9.17) is 12.1 Å². The van der Waals surface area contributed by atoms with Gasteiger partial charge in [-0.15, -0.1) is 0 Å². The maximum atomic E-state index is 8.62. The quantitative estimate of drug-likeness (QED) is 0.237. The van der Waals surface area contributed by atoms with Gasteiger partial charge in [0.1, 0.15) is 11.2 Å². The number of hydrogen-bond donors (Lipinski definition) is 0. The van der Waals surface area contributed by atoms with Crippen LogP contribution in [-0.4, -0.2) is 4.98 Å². The van der Waals surface area contributed by atoms with Crippen LogP contribution in [0.5, 0.6) is 0 Å². The maximum absolute atomic E-state index is 8.62. The number of hydrogen-bond acceptors (Lipinski definition) is 2. The van der Waals surface area contributed by atoms with Gasteiger partial charge in [-0.25, -0.2) is 0 Å². The first-order chi connectivity index (χ1) is 19.5. The summed E-state index contributed by atoms with van der Waals surface area (Å²) in [7, 11) is 0. The van der Waals surface area contributed by atoms with Crippen LogP contribution in [0, 0.1) is 5.41 Å². The molecule has 0 spiro atoms. The second-order valence-corrected chi connectivity index (χ2v) is 12.2. The van der Waals surface area contributed by atoms with Crippen LogP contribution in [-0.2, 0) is 11.8 Å². The molecule has 0 amide bonds. The van der Waals surface area contributed by atoms with Crippen molar-refractivity contribution in [2.45, 2.75) is 46.4 Å². The number of pyridine rings is 1. The third kappa shape index (κ3) is 3.81. The predicted molar refractivity (Wildman–Crippen MR) is 163 cm³/mol. The van der Waals surface area contributed by atoms with Crippen LogP contribution in [0.15, 0.2) is 102 Å². The Hall–Kier alpha value is -4.17. The van der Waals surface area contributed by atoms with E-state index in [1.165, 1.54) is 22.3 Å². The molecule has 7 rings (SSSR count). The van der Waals surface area contributed by atoms with Gasteiger partial charge in [0.2, 0.25) is 0 Å². The summed E-state index contributed by atoms with van der Waals surface area (Å²) < 4.78 is 24.0. The molecule has 2 heteroatoms. The van der Waals surface area contributed by atoms with E-state index >= 15 is 0 Å². The summed E-state index contributed by atoms with van der Waals surface area (Å²) in [4.78, 5) is 4.76. The number of benzene rings is 4. The minimum atomic E-state index is -1.43. The standard InChI is InChI=1S/C37H33NO/c1-36(2,3)22-23-13-15-24(16-14-23)25-19-20-38-32(21-25)30-11-8-10-28-29-18-17-27-26-9-6-7-12-31(26)37(4,5)33(27)35(29)39-34(28)30/h6-21H,22H2,1-5H3/i22D2. The van der Waals surface area contributed by atoms with Crippen molar-refractivity contribution in [1.29, 1.82) is 0 Å². The van der Waals surface area contributed by atoms with Crippen molar-refractivity contribution in [1.82, 2.24) is 4.98 Å². The van der Waals surface area contributed by atoms with Gasteiger partial charge in [-0.05, 0) is 69.4 Å². The van der Waals surface area contributed by atoms with Gasteiger partial charge in [-0.3, -0.25) is 4.98 Å². The van der Waals surface area contributed by atoms with E-state index < -0.39 is 11.8 Å². The fourth-order valence-corrected chi connectivity index (χ4v) is 6.24. The summed E-state index contributed by atoms with van der Waals surface area (Å²) in [6.45, 7) is 10.4. The lowest BCUT2D eigenvalue weighted by molar-refractivity contribution is 0.411. The summed E-state index contributed by atoms with van der Waals surface area (Å²) >= 11 is 0. The Balaban J connectivity index is 1.34. The number of para-hydroxylation sites is 1. The highest BCUT2D eigenvalue weighted by atomic mass is 16.3. The molecule has 1 aliphatic carbocycles. The van der Waals surface area contributed by atoms with Gasteiger partial charge in [0.25, 0.3) is 0 Å². The highest BCUT2D eigenvalue weighted by Crippen LogP contribution is 2.52. The second-order valence-electron chi connectivity index (χ2n) is 12.2. The third-order valence-corrected chi connectivity index (χ3v) is 7.96. The van der Waals surface area contributed by atoms with E-state index in [0.29, 0.717) is 5.56 Å². The topological polar surface area (TPSA) is 26.0 Å². The number of aromatic nitrogens is 1. The molecule has 0 fully saturated rings. The van der Waals surface area contributed by atoms with Crippen LogP contribution in [0.3, 0.4) is 0 Å². The maximum Gasteiger partial charge on any atom is 0.144 e. The van der Waals surface area contributed by atoms with E-state index in [1.54, 1.807) is 0 Å². The van der Waals surface area contributed by atoms with E-state index in [2.05, 4.69) is 74.5 Å². The molecule has 39 heavy (non-hydrogen) atoms. The molecule has 2 nitrogen and oxygen atoms in total. The van der Waals surface area contributed by atoms with Crippen LogP contribution in [0.2, 0.25) is 0 Å². The molecule has 6 aromatic rings. The molecule has 0 N–H and O–H groups in total. The van der Waals surface area contributed by atoms with E-state index in [9.17, 15) is 0 Å². The smallest absolute Gasteiger partial charge is 0.144 e. The molecule has 192 valence electrons. The number of nitrogens with zero attached hydrogens (tertiary/aromatic N) is 1. The van der Waals surface area contributed by atoms with Crippen LogP contribution < -0.4 is 0 Å². The van der Waals surface area contributed by atoms with Gasteiger partial charge in [-0.1, -0.05) is 101 Å². The fraction of sp³-hybridized carbons (Fsp3) is 0.216. The first-order valence-corrected chi connectivity index (χ1v) is 13.6. The van der Waals surface area contributed by atoms with Gasteiger partial charge in [-0.2, -0.15) is 0 Å². The molecular weight excluding hydrogens is 474 g/mol. The fourth-order valence-electron chi connectivity index (χ4n) is 6.24. The second kappa shape index (κ2) is 8.41. The molecule has 0 saturated heterocycles. The van der Waals surface area contributed by atoms with Crippen molar-refractivity contribution >= 4 is 21.9 Å². The highest BCUT2D eigenvalue weighted by Gasteiger charge is 2.38. The average Bonchev–Trinajstić information content (AvgIpc) is 3.45. The Labute approximate surface area is 233 Å². The van der Waals surface area contributed by atoms with Gasteiger partial charge >= 0.3 is 0 Å². The predicted octanol–water partition coefficient (Wildman–Crippen LogP) is 10.2. The van der Waals surface area contributed by atoms with Crippen molar-refractivity contribution in [2.24, 2.45) is 5.41 Å². The van der Waals surface area contributed by atoms with Crippen LogP contribution in [0.4, 0.5) is 0 Å². The number of rotatable bonds is 3. The number of fused-ring (bicyclic) bond motifs is 7. The summed E-state index contributed by atoms with van der Waals surface area (Å²) in [5, 5.41) is 2.22. The lowest BCUT2D eigenvalue weighted by Crippen LogP contribution is -2.15. The summed E-state index contributed by atoms with van der Waals surface area (Å²) in [5.41, 5.74) is 10.8. The molecule has 0 atom stereocenters. The average molecular weight is 510 g/mol. The summed E-state index contributed by atoms with van der Waals surface area (Å²) in [5.74, 6) is 0. The zero-order valence-corrected chi connectivity index (χ0v) is 23.1. The minimum Gasteiger partial charge on any atom is -0.455 e.